The summed E-state index contributed by atoms with van der Waals surface area (Å²) in [4.78, 5) is 6.41. The van der Waals surface area contributed by atoms with Crippen molar-refractivity contribution >= 4 is 6.01 Å². The molecule has 1 aromatic heterocycles. The van der Waals surface area contributed by atoms with Crippen molar-refractivity contribution < 1.29 is 14.7 Å². The third-order valence-electron chi connectivity index (χ3n) is 3.27. The highest BCUT2D eigenvalue weighted by molar-refractivity contribution is 5.25. The molecule has 1 aliphatic rings. The minimum Gasteiger partial charge on any atom is -0.400 e. The molecule has 1 atom stereocenters. The summed E-state index contributed by atoms with van der Waals surface area (Å²) >= 11 is 0. The summed E-state index contributed by atoms with van der Waals surface area (Å²) in [6.07, 6.45) is 2.56. The first-order chi connectivity index (χ1) is 8.70. The fourth-order valence-corrected chi connectivity index (χ4v) is 2.09. The average Bonchev–Trinajstić information content (AvgIpc) is 2.90. The molecule has 104 valence electrons. The van der Waals surface area contributed by atoms with E-state index in [-0.39, 0.29) is 6.10 Å². The molecule has 0 bridgehead atoms. The van der Waals surface area contributed by atoms with Crippen LogP contribution in [0.5, 0.6) is 0 Å². The molecule has 2 heterocycles. The first-order valence-corrected chi connectivity index (χ1v) is 6.41. The molecule has 0 radical (unpaired) electrons. The average molecular weight is 257 g/mol. The lowest BCUT2D eigenvalue weighted by molar-refractivity contribution is 0.109. The van der Waals surface area contributed by atoms with Crippen LogP contribution in [-0.2, 0) is 6.42 Å². The second kappa shape index (κ2) is 7.33. The van der Waals surface area contributed by atoms with Crippen molar-refractivity contribution in [1.29, 1.82) is 0 Å². The van der Waals surface area contributed by atoms with E-state index in [0.29, 0.717) is 11.9 Å². The van der Waals surface area contributed by atoms with E-state index >= 15 is 0 Å². The number of aliphatic hydroxyl groups is 2. The number of hydrogen-bond acceptors (Lipinski definition) is 6. The van der Waals surface area contributed by atoms with E-state index in [2.05, 4.69) is 15.0 Å². The van der Waals surface area contributed by atoms with Gasteiger partial charge in [-0.3, -0.25) is 0 Å². The topological polar surface area (TPSA) is 82.6 Å². The molecule has 1 aliphatic heterocycles. The highest BCUT2D eigenvalue weighted by Crippen LogP contribution is 2.24. The predicted octanol–water partition coefficient (Wildman–Crippen LogP) is 0.838. The van der Waals surface area contributed by atoms with Gasteiger partial charge in [-0.05, 0) is 25.7 Å². The van der Waals surface area contributed by atoms with Crippen molar-refractivity contribution in [2.75, 3.05) is 25.1 Å². The Hall–Kier alpha value is -1.14. The monoisotopic (exact) mass is 257 g/mol. The molecule has 0 aliphatic carbocycles. The van der Waals surface area contributed by atoms with E-state index in [9.17, 15) is 5.11 Å². The van der Waals surface area contributed by atoms with Gasteiger partial charge in [0.15, 0.2) is 5.82 Å². The quantitative estimate of drug-likeness (QED) is 0.835. The number of nitrogens with zero attached hydrogens (tertiary/aromatic N) is 3. The fraction of sp³-hybridized carbons (Fsp3) is 0.833. The summed E-state index contributed by atoms with van der Waals surface area (Å²) in [5.74, 6) is 1.16. The minimum atomic E-state index is -0.212. The molecule has 2 N–H and O–H groups in total. The molecular formula is C12H23N3O3. The lowest BCUT2D eigenvalue weighted by Crippen LogP contribution is -2.37. The standard InChI is InChI=1S/C11H19N3O2.CH4O/c1-3-10-12-11(16-13-10)14-6-4-9(5-7-14)8(2)15;1-2/h8-9,15H,3-7H2,1-2H3;2H,1H3. The molecule has 2 rings (SSSR count). The maximum Gasteiger partial charge on any atom is 0.324 e. The van der Waals surface area contributed by atoms with Crippen LogP contribution in [0.25, 0.3) is 0 Å². The lowest BCUT2D eigenvalue weighted by atomic mass is 9.92. The van der Waals surface area contributed by atoms with Gasteiger partial charge in [-0.25, -0.2) is 0 Å². The van der Waals surface area contributed by atoms with Crippen LogP contribution in [-0.4, -0.2) is 46.7 Å². The molecule has 0 amide bonds. The number of rotatable bonds is 3. The Kier molecular flexibility index (Phi) is 6.07. The van der Waals surface area contributed by atoms with Crippen molar-refractivity contribution in [3.63, 3.8) is 0 Å². The Morgan fingerprint density at radius 1 is 1.39 bits per heavy atom. The van der Waals surface area contributed by atoms with E-state index < -0.39 is 0 Å². The summed E-state index contributed by atoms with van der Waals surface area (Å²) in [5.41, 5.74) is 0. The van der Waals surface area contributed by atoms with Gasteiger partial charge in [0.05, 0.1) is 6.10 Å². The maximum absolute atomic E-state index is 9.51. The number of aromatic nitrogens is 2. The molecule has 1 unspecified atom stereocenters. The van der Waals surface area contributed by atoms with Crippen LogP contribution in [0.15, 0.2) is 4.52 Å². The Labute approximate surface area is 108 Å². The van der Waals surface area contributed by atoms with Gasteiger partial charge in [0, 0.05) is 26.6 Å². The van der Waals surface area contributed by atoms with Crippen molar-refractivity contribution in [2.24, 2.45) is 5.92 Å². The molecule has 6 heteroatoms. The molecule has 0 spiro atoms. The van der Waals surface area contributed by atoms with Gasteiger partial charge >= 0.3 is 6.01 Å². The Balaban J connectivity index is 0.000000771. The summed E-state index contributed by atoms with van der Waals surface area (Å²) in [6.45, 7) is 5.65. The number of hydrogen-bond donors (Lipinski definition) is 2. The Bertz CT molecular complexity index is 333. The number of piperidine rings is 1. The van der Waals surface area contributed by atoms with Crippen molar-refractivity contribution in [3.8, 4) is 0 Å². The van der Waals surface area contributed by atoms with Crippen LogP contribution in [0.2, 0.25) is 0 Å². The van der Waals surface area contributed by atoms with E-state index in [1.54, 1.807) is 0 Å². The molecule has 1 aromatic rings. The Morgan fingerprint density at radius 2 is 2.00 bits per heavy atom. The largest absolute Gasteiger partial charge is 0.400 e. The van der Waals surface area contributed by atoms with Gasteiger partial charge < -0.3 is 19.6 Å². The molecule has 0 saturated carbocycles. The lowest BCUT2D eigenvalue weighted by Gasteiger charge is -2.31. The summed E-state index contributed by atoms with van der Waals surface area (Å²) in [6, 6.07) is 0.626. The van der Waals surface area contributed by atoms with Gasteiger partial charge in [-0.2, -0.15) is 4.98 Å². The molecule has 1 fully saturated rings. The third kappa shape index (κ3) is 3.68. The van der Waals surface area contributed by atoms with Crippen LogP contribution in [0.3, 0.4) is 0 Å². The Morgan fingerprint density at radius 3 is 2.44 bits per heavy atom. The van der Waals surface area contributed by atoms with Gasteiger partial charge in [0.2, 0.25) is 0 Å². The predicted molar refractivity (Wildman–Crippen MR) is 68.4 cm³/mol. The summed E-state index contributed by atoms with van der Waals surface area (Å²) < 4.78 is 5.19. The zero-order valence-corrected chi connectivity index (χ0v) is 11.3. The first kappa shape index (κ1) is 14.9. The van der Waals surface area contributed by atoms with Gasteiger partial charge in [-0.1, -0.05) is 12.1 Å². The normalized spacial score (nSPS) is 18.2. The maximum atomic E-state index is 9.51. The highest BCUT2D eigenvalue weighted by Gasteiger charge is 2.25. The second-order valence-electron chi connectivity index (χ2n) is 4.41. The molecular weight excluding hydrogens is 234 g/mol. The zero-order valence-electron chi connectivity index (χ0n) is 11.3. The minimum absolute atomic E-state index is 0.212. The smallest absolute Gasteiger partial charge is 0.324 e. The summed E-state index contributed by atoms with van der Waals surface area (Å²) in [5, 5.41) is 20.4. The SMILES string of the molecule is CCc1noc(N2CCC(C(C)O)CC2)n1.CO. The van der Waals surface area contributed by atoms with E-state index in [0.717, 1.165) is 45.3 Å². The van der Waals surface area contributed by atoms with Crippen molar-refractivity contribution in [1.82, 2.24) is 10.1 Å². The third-order valence-corrected chi connectivity index (χ3v) is 3.27. The van der Waals surface area contributed by atoms with E-state index in [1.807, 2.05) is 13.8 Å². The highest BCUT2D eigenvalue weighted by atomic mass is 16.5. The second-order valence-corrected chi connectivity index (χ2v) is 4.41. The number of anilines is 1. The first-order valence-electron chi connectivity index (χ1n) is 6.41. The molecule has 18 heavy (non-hydrogen) atoms. The van der Waals surface area contributed by atoms with Gasteiger partial charge in [-0.15, -0.1) is 0 Å². The van der Waals surface area contributed by atoms with Gasteiger partial charge in [0.1, 0.15) is 0 Å². The molecule has 0 aromatic carbocycles. The van der Waals surface area contributed by atoms with Crippen LogP contribution >= 0.6 is 0 Å². The number of aliphatic hydroxyl groups excluding tert-OH is 2. The van der Waals surface area contributed by atoms with Crippen molar-refractivity contribution in [2.45, 2.75) is 39.2 Å². The fourth-order valence-electron chi connectivity index (χ4n) is 2.09. The number of aryl methyl sites for hydroxylation is 1. The van der Waals surface area contributed by atoms with Crippen LogP contribution in [0.4, 0.5) is 6.01 Å². The molecule has 6 nitrogen and oxygen atoms in total. The zero-order chi connectivity index (χ0) is 13.5. The van der Waals surface area contributed by atoms with E-state index in [1.165, 1.54) is 0 Å². The van der Waals surface area contributed by atoms with Crippen LogP contribution in [0, 0.1) is 5.92 Å². The van der Waals surface area contributed by atoms with Gasteiger partial charge in [0.25, 0.3) is 0 Å². The molecule has 1 saturated heterocycles. The van der Waals surface area contributed by atoms with Crippen LogP contribution in [0.1, 0.15) is 32.5 Å². The van der Waals surface area contributed by atoms with E-state index in [4.69, 9.17) is 9.63 Å². The van der Waals surface area contributed by atoms with Crippen LogP contribution < -0.4 is 4.90 Å². The summed E-state index contributed by atoms with van der Waals surface area (Å²) in [7, 11) is 1.00. The van der Waals surface area contributed by atoms with Crippen molar-refractivity contribution in [3.05, 3.63) is 5.82 Å².